The predicted molar refractivity (Wildman–Crippen MR) is 81.3 cm³/mol. The van der Waals surface area contributed by atoms with Gasteiger partial charge in [-0.05, 0) is 48.9 Å². The minimum absolute atomic E-state index is 0.171. The summed E-state index contributed by atoms with van der Waals surface area (Å²) in [7, 11) is 0. The summed E-state index contributed by atoms with van der Waals surface area (Å²) < 4.78 is 5.72. The van der Waals surface area contributed by atoms with E-state index in [1.54, 1.807) is 0 Å². The first-order valence-electron chi connectivity index (χ1n) is 6.85. The van der Waals surface area contributed by atoms with E-state index in [2.05, 4.69) is 26.2 Å². The van der Waals surface area contributed by atoms with Gasteiger partial charge in [0, 0.05) is 5.02 Å². The van der Waals surface area contributed by atoms with Gasteiger partial charge in [-0.3, -0.25) is 11.3 Å². The van der Waals surface area contributed by atoms with Gasteiger partial charge in [-0.15, -0.1) is 0 Å². The summed E-state index contributed by atoms with van der Waals surface area (Å²) in [6.07, 6.45) is 2.22. The van der Waals surface area contributed by atoms with E-state index in [4.69, 9.17) is 22.2 Å². The second kappa shape index (κ2) is 8.41. The fourth-order valence-electron chi connectivity index (χ4n) is 2.30. The molecule has 0 aliphatic heterocycles. The van der Waals surface area contributed by atoms with Crippen LogP contribution in [0.4, 0.5) is 0 Å². The van der Waals surface area contributed by atoms with Crippen LogP contribution in [0.5, 0.6) is 5.75 Å². The van der Waals surface area contributed by atoms with Crippen LogP contribution in [0, 0.1) is 11.8 Å². The third kappa shape index (κ3) is 6.81. The molecule has 0 spiro atoms. The van der Waals surface area contributed by atoms with Crippen LogP contribution in [-0.4, -0.2) is 12.6 Å². The number of hydrazine groups is 1. The zero-order chi connectivity index (χ0) is 14.3. The molecule has 108 valence electrons. The highest BCUT2D eigenvalue weighted by molar-refractivity contribution is 6.30. The molecule has 3 nitrogen and oxygen atoms in total. The van der Waals surface area contributed by atoms with Crippen molar-refractivity contribution >= 4 is 11.6 Å². The average Bonchev–Trinajstić information content (AvgIpc) is 2.35. The Bertz CT molecular complexity index is 354. The van der Waals surface area contributed by atoms with E-state index in [9.17, 15) is 0 Å². The molecule has 0 aromatic heterocycles. The van der Waals surface area contributed by atoms with Gasteiger partial charge in [-0.25, -0.2) is 0 Å². The van der Waals surface area contributed by atoms with E-state index in [0.29, 0.717) is 23.5 Å². The lowest BCUT2D eigenvalue weighted by Gasteiger charge is -2.21. The fraction of sp³-hybridized carbons (Fsp3) is 0.600. The number of hydrogen-bond acceptors (Lipinski definition) is 3. The van der Waals surface area contributed by atoms with Gasteiger partial charge in [0.25, 0.3) is 0 Å². The van der Waals surface area contributed by atoms with E-state index in [0.717, 1.165) is 12.2 Å². The highest BCUT2D eigenvalue weighted by Crippen LogP contribution is 2.18. The monoisotopic (exact) mass is 284 g/mol. The molecule has 2 atom stereocenters. The average molecular weight is 285 g/mol. The van der Waals surface area contributed by atoms with Crippen molar-refractivity contribution in [3.05, 3.63) is 29.3 Å². The molecule has 3 N–H and O–H groups in total. The Morgan fingerprint density at radius 3 is 2.32 bits per heavy atom. The van der Waals surface area contributed by atoms with Crippen molar-refractivity contribution in [2.75, 3.05) is 6.61 Å². The topological polar surface area (TPSA) is 47.3 Å². The molecule has 0 amide bonds. The summed E-state index contributed by atoms with van der Waals surface area (Å²) in [6.45, 7) is 7.31. The molecular weight excluding hydrogens is 260 g/mol. The van der Waals surface area contributed by atoms with Crippen LogP contribution < -0.4 is 16.0 Å². The Morgan fingerprint density at radius 1 is 1.16 bits per heavy atom. The molecule has 1 aromatic carbocycles. The predicted octanol–water partition coefficient (Wildman–Crippen LogP) is 3.62. The van der Waals surface area contributed by atoms with E-state index in [1.165, 1.54) is 6.42 Å². The Hall–Kier alpha value is -0.770. The van der Waals surface area contributed by atoms with Gasteiger partial charge >= 0.3 is 0 Å². The lowest BCUT2D eigenvalue weighted by Crippen LogP contribution is -2.40. The molecule has 19 heavy (non-hydrogen) atoms. The SMILES string of the molecule is CC(C)CC(C)CC(COc1ccc(Cl)cc1)NN. The van der Waals surface area contributed by atoms with Crippen LogP contribution in [0.1, 0.15) is 33.6 Å². The largest absolute Gasteiger partial charge is 0.492 e. The normalized spacial score (nSPS) is 14.4. The zero-order valence-electron chi connectivity index (χ0n) is 12.0. The number of nitrogens with two attached hydrogens (primary N) is 1. The van der Waals surface area contributed by atoms with Gasteiger partial charge in [0.2, 0.25) is 0 Å². The quantitative estimate of drug-likeness (QED) is 0.566. The summed E-state index contributed by atoms with van der Waals surface area (Å²) in [5, 5.41) is 0.714. The molecule has 1 rings (SSSR count). The van der Waals surface area contributed by atoms with Crippen molar-refractivity contribution in [1.29, 1.82) is 0 Å². The minimum Gasteiger partial charge on any atom is -0.492 e. The maximum Gasteiger partial charge on any atom is 0.119 e. The Labute approximate surface area is 121 Å². The number of halogens is 1. The molecule has 0 radical (unpaired) electrons. The molecule has 0 fully saturated rings. The Morgan fingerprint density at radius 2 is 1.79 bits per heavy atom. The van der Waals surface area contributed by atoms with Crippen LogP contribution in [0.3, 0.4) is 0 Å². The van der Waals surface area contributed by atoms with Gasteiger partial charge in [-0.2, -0.15) is 0 Å². The number of nitrogens with one attached hydrogen (secondary N) is 1. The van der Waals surface area contributed by atoms with Crippen LogP contribution in [0.2, 0.25) is 5.02 Å². The highest BCUT2D eigenvalue weighted by Gasteiger charge is 2.14. The maximum atomic E-state index is 5.83. The van der Waals surface area contributed by atoms with E-state index in [1.807, 2.05) is 24.3 Å². The summed E-state index contributed by atoms with van der Waals surface area (Å²) in [5.41, 5.74) is 2.84. The molecule has 1 aromatic rings. The summed E-state index contributed by atoms with van der Waals surface area (Å²) in [4.78, 5) is 0. The first-order valence-corrected chi connectivity index (χ1v) is 7.23. The standard InChI is InChI=1S/C15H25ClN2O/c1-11(2)8-12(3)9-14(18-17)10-19-15-6-4-13(16)5-7-15/h4-7,11-12,14,18H,8-10,17H2,1-3H3. The molecule has 4 heteroatoms. The maximum absolute atomic E-state index is 5.83. The molecule has 0 saturated heterocycles. The van der Waals surface area contributed by atoms with Crippen molar-refractivity contribution < 1.29 is 4.74 Å². The third-order valence-electron chi connectivity index (χ3n) is 3.06. The first-order chi connectivity index (χ1) is 9.01. The molecule has 2 unspecified atom stereocenters. The van der Waals surface area contributed by atoms with Gasteiger partial charge < -0.3 is 4.74 Å². The molecule has 0 saturated carbocycles. The third-order valence-corrected chi connectivity index (χ3v) is 3.31. The first kappa shape index (κ1) is 16.3. The molecule has 0 bridgehead atoms. The second-order valence-electron chi connectivity index (χ2n) is 5.60. The number of ether oxygens (including phenoxy) is 1. The van der Waals surface area contributed by atoms with E-state index < -0.39 is 0 Å². The van der Waals surface area contributed by atoms with Gasteiger partial charge in [-0.1, -0.05) is 32.4 Å². The van der Waals surface area contributed by atoms with Gasteiger partial charge in [0.1, 0.15) is 12.4 Å². The Kier molecular flexibility index (Phi) is 7.21. The number of hydrogen-bond donors (Lipinski definition) is 2. The van der Waals surface area contributed by atoms with Crippen LogP contribution in [-0.2, 0) is 0 Å². The molecule has 0 aliphatic carbocycles. The molecule has 0 heterocycles. The summed E-state index contributed by atoms with van der Waals surface area (Å²) in [6, 6.07) is 7.55. The fourth-order valence-corrected chi connectivity index (χ4v) is 2.42. The number of rotatable bonds is 8. The lowest BCUT2D eigenvalue weighted by atomic mass is 9.93. The van der Waals surface area contributed by atoms with Crippen molar-refractivity contribution in [2.45, 2.75) is 39.7 Å². The van der Waals surface area contributed by atoms with Crippen molar-refractivity contribution in [3.63, 3.8) is 0 Å². The highest BCUT2D eigenvalue weighted by atomic mass is 35.5. The minimum atomic E-state index is 0.171. The Balaban J connectivity index is 2.37. The van der Waals surface area contributed by atoms with Crippen molar-refractivity contribution in [3.8, 4) is 5.75 Å². The number of benzene rings is 1. The van der Waals surface area contributed by atoms with Crippen LogP contribution in [0.15, 0.2) is 24.3 Å². The van der Waals surface area contributed by atoms with E-state index in [-0.39, 0.29) is 6.04 Å². The van der Waals surface area contributed by atoms with Gasteiger partial charge in [0.05, 0.1) is 6.04 Å². The molecule has 0 aliphatic rings. The van der Waals surface area contributed by atoms with Crippen molar-refractivity contribution in [1.82, 2.24) is 5.43 Å². The molecular formula is C15H25ClN2O. The van der Waals surface area contributed by atoms with E-state index >= 15 is 0 Å². The summed E-state index contributed by atoms with van der Waals surface area (Å²) in [5.74, 6) is 7.76. The van der Waals surface area contributed by atoms with Crippen LogP contribution in [0.25, 0.3) is 0 Å². The second-order valence-corrected chi connectivity index (χ2v) is 6.04. The van der Waals surface area contributed by atoms with Gasteiger partial charge in [0.15, 0.2) is 0 Å². The zero-order valence-corrected chi connectivity index (χ0v) is 12.8. The van der Waals surface area contributed by atoms with Crippen molar-refractivity contribution in [2.24, 2.45) is 17.7 Å². The van der Waals surface area contributed by atoms with Crippen LogP contribution >= 0.6 is 11.6 Å². The summed E-state index contributed by atoms with van der Waals surface area (Å²) >= 11 is 5.83. The smallest absolute Gasteiger partial charge is 0.119 e. The lowest BCUT2D eigenvalue weighted by molar-refractivity contribution is 0.235.